The van der Waals surface area contributed by atoms with Gasteiger partial charge >= 0.3 is 0 Å². The van der Waals surface area contributed by atoms with E-state index < -0.39 is 0 Å². The number of amides is 1. The van der Waals surface area contributed by atoms with Crippen molar-refractivity contribution in [2.75, 3.05) is 19.6 Å². The number of aromatic nitrogens is 2. The van der Waals surface area contributed by atoms with E-state index in [1.165, 1.54) is 12.8 Å². The van der Waals surface area contributed by atoms with E-state index >= 15 is 0 Å². The first-order valence-corrected chi connectivity index (χ1v) is 10.0. The van der Waals surface area contributed by atoms with Gasteiger partial charge in [0.1, 0.15) is 11.4 Å². The second-order valence-corrected chi connectivity index (χ2v) is 8.07. The van der Waals surface area contributed by atoms with Gasteiger partial charge in [-0.1, -0.05) is 12.1 Å². The molecule has 0 spiro atoms. The molecule has 4 fully saturated rings. The number of phenolic OH excluding ortho intramolecular Hbond substituents is 1. The van der Waals surface area contributed by atoms with E-state index in [0.717, 1.165) is 25.2 Å². The third-order valence-electron chi connectivity index (χ3n) is 6.74. The Morgan fingerprint density at radius 3 is 2.74 bits per heavy atom. The Kier molecular flexibility index (Phi) is 3.97. The van der Waals surface area contributed by atoms with Gasteiger partial charge in [-0.3, -0.25) is 14.4 Å². The number of aromatic hydroxyl groups is 1. The lowest BCUT2D eigenvalue weighted by Crippen LogP contribution is -2.60. The number of likely N-dealkylation sites (tertiary alicyclic amines) is 1. The van der Waals surface area contributed by atoms with E-state index in [0.29, 0.717) is 29.9 Å². The van der Waals surface area contributed by atoms with E-state index in [9.17, 15) is 9.90 Å². The van der Waals surface area contributed by atoms with E-state index in [2.05, 4.69) is 21.0 Å². The van der Waals surface area contributed by atoms with Gasteiger partial charge in [-0.05, 0) is 62.5 Å². The van der Waals surface area contributed by atoms with Crippen molar-refractivity contribution in [2.24, 2.45) is 5.92 Å². The van der Waals surface area contributed by atoms with Gasteiger partial charge in [0.05, 0.1) is 6.04 Å². The number of hydrogen-bond donors (Lipinski definition) is 1. The summed E-state index contributed by atoms with van der Waals surface area (Å²) in [6.07, 6.45) is 4.21. The van der Waals surface area contributed by atoms with Crippen LogP contribution >= 0.6 is 0 Å². The Hall–Kier alpha value is -2.34. The van der Waals surface area contributed by atoms with E-state index in [1.807, 2.05) is 36.0 Å². The van der Waals surface area contributed by atoms with Crippen LogP contribution in [0.2, 0.25) is 0 Å². The van der Waals surface area contributed by atoms with Crippen molar-refractivity contribution in [3.05, 3.63) is 47.8 Å². The number of rotatable bonds is 3. The first kappa shape index (κ1) is 16.8. The summed E-state index contributed by atoms with van der Waals surface area (Å²) in [7, 11) is 0. The molecule has 4 aliphatic rings. The maximum absolute atomic E-state index is 13.3. The summed E-state index contributed by atoms with van der Waals surface area (Å²) in [6, 6.07) is 10.0. The van der Waals surface area contributed by atoms with Crippen LogP contribution < -0.4 is 0 Å². The monoisotopic (exact) mass is 366 g/mol. The molecule has 0 radical (unpaired) electrons. The lowest BCUT2D eigenvalue weighted by Gasteiger charge is -2.51. The summed E-state index contributed by atoms with van der Waals surface area (Å²) in [5.41, 5.74) is 1.68. The Bertz CT molecular complexity index is 855. The molecule has 0 unspecified atom stereocenters. The molecule has 5 heterocycles. The highest BCUT2D eigenvalue weighted by atomic mass is 16.3. The predicted molar refractivity (Wildman–Crippen MR) is 102 cm³/mol. The molecule has 2 bridgehead atoms. The van der Waals surface area contributed by atoms with Gasteiger partial charge in [-0.2, -0.15) is 5.10 Å². The van der Waals surface area contributed by atoms with Crippen LogP contribution in [0.1, 0.15) is 41.7 Å². The molecule has 6 nitrogen and oxygen atoms in total. The third-order valence-corrected chi connectivity index (χ3v) is 6.74. The fraction of sp³-hybridized carbons (Fsp3) is 0.524. The van der Waals surface area contributed by atoms with Crippen molar-refractivity contribution in [1.29, 1.82) is 0 Å². The number of carbonyl (C=O) groups is 1. The van der Waals surface area contributed by atoms with Crippen LogP contribution in [0.4, 0.5) is 0 Å². The Labute approximate surface area is 159 Å². The molecule has 142 valence electrons. The molecule has 1 aromatic heterocycles. The normalized spacial score (nSPS) is 31.9. The number of carbonyl (C=O) groups excluding carboxylic acids is 1. The third kappa shape index (κ3) is 2.65. The molecule has 1 aromatic carbocycles. The van der Waals surface area contributed by atoms with Crippen LogP contribution in [0, 0.1) is 5.92 Å². The van der Waals surface area contributed by atoms with E-state index in [1.54, 1.807) is 6.07 Å². The molecule has 3 atom stereocenters. The summed E-state index contributed by atoms with van der Waals surface area (Å²) in [4.78, 5) is 18.0. The van der Waals surface area contributed by atoms with Gasteiger partial charge < -0.3 is 10.0 Å². The minimum absolute atomic E-state index is 0.0496. The molecule has 1 N–H and O–H groups in total. The average Bonchev–Trinajstić information content (AvgIpc) is 3.34. The zero-order valence-corrected chi connectivity index (χ0v) is 15.7. The van der Waals surface area contributed by atoms with Crippen molar-refractivity contribution in [3.63, 3.8) is 0 Å². The molecule has 1 amide bonds. The van der Waals surface area contributed by atoms with Crippen LogP contribution in [0.15, 0.2) is 36.5 Å². The molecule has 2 aromatic rings. The fourth-order valence-corrected chi connectivity index (χ4v) is 5.50. The lowest BCUT2D eigenvalue weighted by atomic mass is 9.75. The van der Waals surface area contributed by atoms with Gasteiger partial charge in [0.15, 0.2) is 0 Å². The number of nitrogens with zero attached hydrogens (tertiary/aromatic N) is 4. The van der Waals surface area contributed by atoms with Crippen molar-refractivity contribution in [3.8, 4) is 5.75 Å². The summed E-state index contributed by atoms with van der Waals surface area (Å²) in [5, 5.41) is 14.4. The highest BCUT2D eigenvalue weighted by Gasteiger charge is 2.54. The van der Waals surface area contributed by atoms with Crippen LogP contribution in [0.3, 0.4) is 0 Å². The topological polar surface area (TPSA) is 61.6 Å². The molecular weight excluding hydrogens is 340 g/mol. The smallest absolute Gasteiger partial charge is 0.274 e. The van der Waals surface area contributed by atoms with Crippen LogP contribution in [-0.2, 0) is 6.54 Å². The highest BCUT2D eigenvalue weighted by Crippen LogP contribution is 2.47. The zero-order valence-electron chi connectivity index (χ0n) is 15.7. The summed E-state index contributed by atoms with van der Waals surface area (Å²) < 4.78 is 1.81. The zero-order chi connectivity index (χ0) is 18.5. The predicted octanol–water partition coefficient (Wildman–Crippen LogP) is 2.31. The number of piperidine rings is 3. The highest BCUT2D eigenvalue weighted by molar-refractivity contribution is 5.93. The van der Waals surface area contributed by atoms with E-state index in [4.69, 9.17) is 0 Å². The van der Waals surface area contributed by atoms with Crippen LogP contribution in [0.5, 0.6) is 5.75 Å². The number of phenols is 1. The van der Waals surface area contributed by atoms with Crippen molar-refractivity contribution in [2.45, 2.75) is 44.3 Å². The number of fused-ring (bicyclic) bond motifs is 2. The molecular formula is C21H26N4O2. The minimum Gasteiger partial charge on any atom is -0.508 e. The molecule has 0 aliphatic carbocycles. The van der Waals surface area contributed by atoms with Crippen LogP contribution in [-0.4, -0.2) is 62.3 Å². The molecule has 4 aliphatic heterocycles. The SMILES string of the molecule is CCn1ccc(C(=O)N2C[C@H](c3cccc(O)c3)[C@H]3[C@@H]2C2CCN3CC2)n1. The van der Waals surface area contributed by atoms with Crippen molar-refractivity contribution in [1.82, 2.24) is 19.6 Å². The summed E-state index contributed by atoms with van der Waals surface area (Å²) in [6.45, 7) is 5.73. The molecule has 6 heteroatoms. The number of aryl methyl sites for hydroxylation is 1. The average molecular weight is 366 g/mol. The van der Waals surface area contributed by atoms with Gasteiger partial charge in [0.2, 0.25) is 0 Å². The molecule has 6 rings (SSSR count). The molecule has 27 heavy (non-hydrogen) atoms. The Morgan fingerprint density at radius 1 is 1.22 bits per heavy atom. The minimum atomic E-state index is 0.0496. The lowest BCUT2D eigenvalue weighted by molar-refractivity contribution is -0.00361. The maximum Gasteiger partial charge on any atom is 0.274 e. The number of hydrogen-bond acceptors (Lipinski definition) is 4. The van der Waals surface area contributed by atoms with Gasteiger partial charge in [0.25, 0.3) is 5.91 Å². The number of benzene rings is 1. The molecule has 0 saturated carbocycles. The second-order valence-electron chi connectivity index (χ2n) is 8.07. The Morgan fingerprint density at radius 2 is 2.04 bits per heavy atom. The quantitative estimate of drug-likeness (QED) is 0.906. The molecule has 4 saturated heterocycles. The fourth-order valence-electron chi connectivity index (χ4n) is 5.50. The first-order valence-electron chi connectivity index (χ1n) is 10.0. The van der Waals surface area contributed by atoms with E-state index in [-0.39, 0.29) is 17.9 Å². The van der Waals surface area contributed by atoms with Gasteiger partial charge in [-0.15, -0.1) is 0 Å². The van der Waals surface area contributed by atoms with Gasteiger partial charge in [-0.25, -0.2) is 0 Å². The second kappa shape index (κ2) is 6.37. The van der Waals surface area contributed by atoms with Crippen LogP contribution in [0.25, 0.3) is 0 Å². The summed E-state index contributed by atoms with van der Waals surface area (Å²) in [5.74, 6) is 1.15. The standard InChI is InChI=1S/C21H26N4O2/c1-2-24-11-8-18(22-24)21(27)25-13-17(15-4-3-5-16(26)12-15)20-19(25)14-6-9-23(20)10-7-14/h3-5,8,11-12,14,17,19-20,26H,2,6-7,9-10,13H2,1H3/t17-,19+,20+/m1/s1. The summed E-state index contributed by atoms with van der Waals surface area (Å²) >= 11 is 0. The maximum atomic E-state index is 13.3. The van der Waals surface area contributed by atoms with Gasteiger partial charge in [0, 0.05) is 31.2 Å². The Balaban J connectivity index is 1.51. The first-order chi connectivity index (χ1) is 13.2. The van der Waals surface area contributed by atoms with Crippen molar-refractivity contribution < 1.29 is 9.90 Å². The van der Waals surface area contributed by atoms with Crippen molar-refractivity contribution >= 4 is 5.91 Å². The largest absolute Gasteiger partial charge is 0.508 e.